The Labute approximate surface area is 167 Å². The summed E-state index contributed by atoms with van der Waals surface area (Å²) in [6, 6.07) is 0. The highest BCUT2D eigenvalue weighted by molar-refractivity contribution is 5.70. The van der Waals surface area contributed by atoms with E-state index in [4.69, 9.17) is 18.9 Å². The number of esters is 2. The molecule has 2 heterocycles. The summed E-state index contributed by atoms with van der Waals surface area (Å²) in [5.41, 5.74) is 0.107. The number of hydrogen-bond donors (Lipinski definition) is 0. The molecule has 6 atom stereocenters. The molecule has 0 aromatic carbocycles. The van der Waals surface area contributed by atoms with Crippen LogP contribution in [-0.2, 0) is 28.5 Å². The summed E-state index contributed by atoms with van der Waals surface area (Å²) in [5, 5.41) is 0. The quantitative estimate of drug-likeness (QED) is 0.338. The maximum absolute atomic E-state index is 12.0. The molecule has 158 valence electrons. The van der Waals surface area contributed by atoms with Crippen molar-refractivity contribution in [3.8, 4) is 0 Å². The van der Waals surface area contributed by atoms with Crippen LogP contribution < -0.4 is 0 Å². The molecule has 2 aliphatic heterocycles. The van der Waals surface area contributed by atoms with Gasteiger partial charge >= 0.3 is 11.9 Å². The van der Waals surface area contributed by atoms with Gasteiger partial charge in [-0.25, -0.2) is 0 Å². The number of fused-ring (bicyclic) bond motifs is 2. The fourth-order valence-electron chi connectivity index (χ4n) is 4.84. The molecule has 28 heavy (non-hydrogen) atoms. The molecule has 0 amide bonds. The zero-order valence-electron chi connectivity index (χ0n) is 17.2. The Hall–Kier alpha value is -1.14. The molecule has 4 rings (SSSR count). The van der Waals surface area contributed by atoms with E-state index < -0.39 is 0 Å². The Morgan fingerprint density at radius 1 is 0.786 bits per heavy atom. The van der Waals surface area contributed by atoms with Crippen LogP contribution in [-0.4, -0.2) is 49.6 Å². The second-order valence-electron chi connectivity index (χ2n) is 10.1. The van der Waals surface area contributed by atoms with Crippen molar-refractivity contribution in [3.63, 3.8) is 0 Å². The van der Waals surface area contributed by atoms with Gasteiger partial charge in [-0.15, -0.1) is 0 Å². The number of carbonyl (C=O) groups excluding carboxylic acids is 2. The fourth-order valence-corrected chi connectivity index (χ4v) is 4.84. The standard InChI is InChI=1S/C22H34O6/c1-21(9-7-15-17(11-21)27-15)13-25-19(23)5-3-4-6-20(24)26-14-22(2)10-8-16-18(12-22)28-16/h15-18H,3-14H2,1-2H3. The van der Waals surface area contributed by atoms with Crippen LogP contribution in [0.15, 0.2) is 0 Å². The van der Waals surface area contributed by atoms with Crippen LogP contribution in [0.25, 0.3) is 0 Å². The SMILES string of the molecule is CC1(COC(=O)CCCCC(=O)OCC2(C)CCC3OC3C2)CCC2OC2C1. The lowest BCUT2D eigenvalue weighted by atomic mass is 9.76. The summed E-state index contributed by atoms with van der Waals surface area (Å²) >= 11 is 0. The molecular weight excluding hydrogens is 360 g/mol. The number of ether oxygens (including phenoxy) is 4. The number of hydrogen-bond acceptors (Lipinski definition) is 6. The predicted molar refractivity (Wildman–Crippen MR) is 102 cm³/mol. The minimum Gasteiger partial charge on any atom is -0.465 e. The summed E-state index contributed by atoms with van der Waals surface area (Å²) in [7, 11) is 0. The van der Waals surface area contributed by atoms with Crippen molar-refractivity contribution in [1.29, 1.82) is 0 Å². The maximum atomic E-state index is 12.0. The molecule has 4 aliphatic rings. The van der Waals surface area contributed by atoms with Crippen LogP contribution in [0.5, 0.6) is 0 Å². The first kappa shape index (κ1) is 20.1. The summed E-state index contributed by atoms with van der Waals surface area (Å²) in [6.45, 7) is 5.31. The van der Waals surface area contributed by atoms with Gasteiger partial charge in [0.05, 0.1) is 37.6 Å². The van der Waals surface area contributed by atoms with Gasteiger partial charge in [-0.3, -0.25) is 9.59 Å². The molecule has 0 bridgehead atoms. The Balaban J connectivity index is 1.04. The molecule has 0 aromatic rings. The first-order chi connectivity index (χ1) is 13.3. The van der Waals surface area contributed by atoms with E-state index in [1.165, 1.54) is 0 Å². The van der Waals surface area contributed by atoms with Gasteiger partial charge in [0.15, 0.2) is 0 Å². The van der Waals surface area contributed by atoms with Gasteiger partial charge in [0.25, 0.3) is 0 Å². The van der Waals surface area contributed by atoms with Gasteiger partial charge in [0, 0.05) is 23.7 Å². The highest BCUT2D eigenvalue weighted by Gasteiger charge is 2.49. The predicted octanol–water partition coefficient (Wildman–Crippen LogP) is 3.55. The molecular formula is C22H34O6. The lowest BCUT2D eigenvalue weighted by Crippen LogP contribution is -2.31. The third-order valence-corrected chi connectivity index (χ3v) is 7.00. The van der Waals surface area contributed by atoms with Crippen LogP contribution >= 0.6 is 0 Å². The van der Waals surface area contributed by atoms with Crippen LogP contribution in [0.3, 0.4) is 0 Å². The van der Waals surface area contributed by atoms with Gasteiger partial charge in [-0.2, -0.15) is 0 Å². The van der Waals surface area contributed by atoms with Crippen molar-refractivity contribution < 1.29 is 28.5 Å². The van der Waals surface area contributed by atoms with Gasteiger partial charge in [0.1, 0.15) is 0 Å². The number of unbranched alkanes of at least 4 members (excludes halogenated alkanes) is 1. The monoisotopic (exact) mass is 394 g/mol. The van der Waals surface area contributed by atoms with Crippen molar-refractivity contribution in [2.24, 2.45) is 10.8 Å². The fraction of sp³-hybridized carbons (Fsp3) is 0.909. The smallest absolute Gasteiger partial charge is 0.305 e. The third-order valence-electron chi connectivity index (χ3n) is 7.00. The minimum absolute atomic E-state index is 0.0535. The number of carbonyl (C=O) groups is 2. The molecule has 6 nitrogen and oxygen atoms in total. The van der Waals surface area contributed by atoms with Crippen molar-refractivity contribution in [2.75, 3.05) is 13.2 Å². The Bertz CT molecular complexity index is 554. The maximum Gasteiger partial charge on any atom is 0.305 e. The summed E-state index contributed by atoms with van der Waals surface area (Å²) in [6.07, 6.45) is 9.99. The molecule has 0 radical (unpaired) electrons. The molecule has 6 unspecified atom stereocenters. The first-order valence-corrected chi connectivity index (χ1v) is 11.0. The van der Waals surface area contributed by atoms with Crippen molar-refractivity contribution in [1.82, 2.24) is 0 Å². The van der Waals surface area contributed by atoms with E-state index in [1.807, 2.05) is 0 Å². The van der Waals surface area contributed by atoms with Crippen LogP contribution in [0, 0.1) is 10.8 Å². The van der Waals surface area contributed by atoms with Crippen LogP contribution in [0.4, 0.5) is 0 Å². The van der Waals surface area contributed by atoms with E-state index in [0.29, 0.717) is 63.3 Å². The molecule has 0 N–H and O–H groups in total. The van der Waals surface area contributed by atoms with E-state index in [2.05, 4.69) is 13.8 Å². The van der Waals surface area contributed by atoms with Crippen LogP contribution in [0.2, 0.25) is 0 Å². The molecule has 2 aliphatic carbocycles. The van der Waals surface area contributed by atoms with Gasteiger partial charge in [0.2, 0.25) is 0 Å². The van der Waals surface area contributed by atoms with Crippen molar-refractivity contribution >= 4 is 11.9 Å². The normalized spacial score (nSPS) is 40.8. The van der Waals surface area contributed by atoms with E-state index in [-0.39, 0.29) is 22.8 Å². The van der Waals surface area contributed by atoms with E-state index >= 15 is 0 Å². The lowest BCUT2D eigenvalue weighted by molar-refractivity contribution is -0.149. The topological polar surface area (TPSA) is 77.7 Å². The molecule has 2 saturated carbocycles. The van der Waals surface area contributed by atoms with E-state index in [1.54, 1.807) is 0 Å². The van der Waals surface area contributed by atoms with Gasteiger partial charge in [-0.05, 0) is 51.4 Å². The van der Waals surface area contributed by atoms with Gasteiger partial charge in [-0.1, -0.05) is 13.8 Å². The Kier molecular flexibility index (Phi) is 5.71. The zero-order valence-corrected chi connectivity index (χ0v) is 17.2. The Morgan fingerprint density at radius 3 is 1.61 bits per heavy atom. The van der Waals surface area contributed by atoms with Crippen molar-refractivity contribution in [3.05, 3.63) is 0 Å². The second kappa shape index (κ2) is 7.94. The van der Waals surface area contributed by atoms with Crippen molar-refractivity contribution in [2.45, 2.75) is 102 Å². The molecule has 0 spiro atoms. The summed E-state index contributed by atoms with van der Waals surface area (Å²) < 4.78 is 22.1. The second-order valence-corrected chi connectivity index (χ2v) is 10.1. The van der Waals surface area contributed by atoms with Gasteiger partial charge < -0.3 is 18.9 Å². The largest absolute Gasteiger partial charge is 0.465 e. The lowest BCUT2D eigenvalue weighted by Gasteiger charge is -2.30. The highest BCUT2D eigenvalue weighted by atomic mass is 16.6. The van der Waals surface area contributed by atoms with E-state index in [9.17, 15) is 9.59 Å². The molecule has 2 saturated heterocycles. The number of epoxide rings is 2. The van der Waals surface area contributed by atoms with E-state index in [0.717, 1.165) is 38.5 Å². The first-order valence-electron chi connectivity index (χ1n) is 11.0. The summed E-state index contributed by atoms with van der Waals surface area (Å²) in [5.74, 6) is -0.329. The minimum atomic E-state index is -0.165. The highest BCUT2D eigenvalue weighted by Crippen LogP contribution is 2.47. The van der Waals surface area contributed by atoms with Crippen LogP contribution in [0.1, 0.15) is 78.1 Å². The molecule has 0 aromatic heterocycles. The average molecular weight is 395 g/mol. The number of rotatable bonds is 9. The molecule has 6 heteroatoms. The average Bonchev–Trinajstić information content (AvgIpc) is 3.57. The third kappa shape index (κ3) is 5.26. The summed E-state index contributed by atoms with van der Waals surface area (Å²) in [4.78, 5) is 24.0. The zero-order chi connectivity index (χ0) is 19.8. The Morgan fingerprint density at radius 2 is 1.21 bits per heavy atom. The molecule has 4 fully saturated rings.